The number of carbonyl (C=O) groups excluding carboxylic acids is 1. The van der Waals surface area contributed by atoms with Gasteiger partial charge in [-0.1, -0.05) is 24.6 Å². The third-order valence-electron chi connectivity index (χ3n) is 4.47. The Morgan fingerprint density at radius 2 is 1.96 bits per heavy atom. The van der Waals surface area contributed by atoms with Gasteiger partial charge in [0.05, 0.1) is 5.56 Å². The van der Waals surface area contributed by atoms with Crippen molar-refractivity contribution in [3.63, 3.8) is 0 Å². The second-order valence-electron chi connectivity index (χ2n) is 6.50. The van der Waals surface area contributed by atoms with Gasteiger partial charge >= 0.3 is 0 Å². The van der Waals surface area contributed by atoms with Crippen molar-refractivity contribution in [2.45, 2.75) is 38.6 Å². The molecule has 0 bridgehead atoms. The standard InChI is InChI=1S/C19H22ClN3O/c1-13-5-8-16(9-6-13)23-19(24)14-7-10-18(21-12-14)22-17-4-2-3-15(20)11-17/h2-4,7,10-13,16H,5-6,8-9H2,1H3,(H,21,22)(H,23,24). The molecule has 1 amide bonds. The number of hydrogen-bond donors (Lipinski definition) is 2. The van der Waals surface area contributed by atoms with Crippen LogP contribution in [0.15, 0.2) is 42.6 Å². The van der Waals surface area contributed by atoms with E-state index in [1.807, 2.05) is 24.3 Å². The molecule has 1 aliphatic carbocycles. The zero-order valence-electron chi connectivity index (χ0n) is 13.8. The Hall–Kier alpha value is -2.07. The molecule has 0 unspecified atom stereocenters. The van der Waals surface area contributed by atoms with Crippen molar-refractivity contribution in [3.8, 4) is 0 Å². The van der Waals surface area contributed by atoms with Crippen LogP contribution in [0.5, 0.6) is 0 Å². The normalized spacial score (nSPS) is 20.4. The molecule has 1 fully saturated rings. The topological polar surface area (TPSA) is 54.0 Å². The number of carbonyl (C=O) groups is 1. The van der Waals surface area contributed by atoms with Gasteiger partial charge in [-0.3, -0.25) is 4.79 Å². The molecule has 5 heteroatoms. The number of benzene rings is 1. The molecule has 0 atom stereocenters. The summed E-state index contributed by atoms with van der Waals surface area (Å²) in [5, 5.41) is 6.95. The van der Waals surface area contributed by atoms with E-state index in [2.05, 4.69) is 22.5 Å². The summed E-state index contributed by atoms with van der Waals surface area (Å²) in [5.74, 6) is 1.41. The minimum absolute atomic E-state index is 0.0450. The van der Waals surface area contributed by atoms with E-state index in [1.165, 1.54) is 12.8 Å². The SMILES string of the molecule is CC1CCC(NC(=O)c2ccc(Nc3cccc(Cl)c3)nc2)CC1. The summed E-state index contributed by atoms with van der Waals surface area (Å²) >= 11 is 5.97. The van der Waals surface area contributed by atoms with Crippen molar-refractivity contribution in [2.24, 2.45) is 5.92 Å². The lowest BCUT2D eigenvalue weighted by molar-refractivity contribution is 0.0922. The van der Waals surface area contributed by atoms with Crippen LogP contribution in [0.1, 0.15) is 43.0 Å². The molecule has 0 saturated heterocycles. The molecule has 4 nitrogen and oxygen atoms in total. The summed E-state index contributed by atoms with van der Waals surface area (Å²) < 4.78 is 0. The fourth-order valence-corrected chi connectivity index (χ4v) is 3.18. The second kappa shape index (κ2) is 7.67. The van der Waals surface area contributed by atoms with Gasteiger partial charge < -0.3 is 10.6 Å². The number of amides is 1. The Labute approximate surface area is 147 Å². The predicted molar refractivity (Wildman–Crippen MR) is 97.9 cm³/mol. The molecule has 1 heterocycles. The van der Waals surface area contributed by atoms with E-state index in [0.29, 0.717) is 16.4 Å². The minimum Gasteiger partial charge on any atom is -0.349 e. The number of nitrogens with one attached hydrogen (secondary N) is 2. The average Bonchev–Trinajstić information content (AvgIpc) is 2.57. The van der Waals surface area contributed by atoms with Gasteiger partial charge in [-0.15, -0.1) is 0 Å². The van der Waals surface area contributed by atoms with Crippen LogP contribution in [0, 0.1) is 5.92 Å². The first kappa shape index (κ1) is 16.8. The highest BCUT2D eigenvalue weighted by Gasteiger charge is 2.20. The monoisotopic (exact) mass is 343 g/mol. The van der Waals surface area contributed by atoms with Gasteiger partial charge in [0.1, 0.15) is 5.82 Å². The van der Waals surface area contributed by atoms with Crippen molar-refractivity contribution >= 4 is 29.0 Å². The van der Waals surface area contributed by atoms with Gasteiger partial charge in [0.25, 0.3) is 5.91 Å². The fraction of sp³-hybridized carbons (Fsp3) is 0.368. The summed E-state index contributed by atoms with van der Waals surface area (Å²) in [4.78, 5) is 16.6. The molecule has 1 aliphatic rings. The summed E-state index contributed by atoms with van der Waals surface area (Å²) in [5.41, 5.74) is 1.45. The van der Waals surface area contributed by atoms with Gasteiger partial charge in [-0.25, -0.2) is 4.98 Å². The Morgan fingerprint density at radius 3 is 2.62 bits per heavy atom. The fourth-order valence-electron chi connectivity index (χ4n) is 2.99. The number of rotatable bonds is 4. The van der Waals surface area contributed by atoms with Crippen LogP contribution >= 0.6 is 11.6 Å². The van der Waals surface area contributed by atoms with Gasteiger partial charge in [0.2, 0.25) is 0 Å². The maximum Gasteiger partial charge on any atom is 0.253 e. The lowest BCUT2D eigenvalue weighted by Gasteiger charge is -2.26. The van der Waals surface area contributed by atoms with Crippen molar-refractivity contribution in [3.05, 3.63) is 53.2 Å². The molecule has 1 aromatic carbocycles. The van der Waals surface area contributed by atoms with E-state index in [-0.39, 0.29) is 11.9 Å². The van der Waals surface area contributed by atoms with Crippen LogP contribution < -0.4 is 10.6 Å². The number of pyridine rings is 1. The Morgan fingerprint density at radius 1 is 1.17 bits per heavy atom. The lowest BCUT2D eigenvalue weighted by Crippen LogP contribution is -2.37. The van der Waals surface area contributed by atoms with Crippen molar-refractivity contribution in [1.29, 1.82) is 0 Å². The Kier molecular flexibility index (Phi) is 5.36. The molecule has 0 spiro atoms. The molecule has 1 aromatic heterocycles. The summed E-state index contributed by atoms with van der Waals surface area (Å²) in [6.07, 6.45) is 6.11. The first-order valence-electron chi connectivity index (χ1n) is 8.39. The molecule has 1 saturated carbocycles. The van der Waals surface area contributed by atoms with Gasteiger partial charge in [-0.2, -0.15) is 0 Å². The van der Waals surface area contributed by atoms with Crippen LogP contribution in [-0.4, -0.2) is 16.9 Å². The molecule has 126 valence electrons. The van der Waals surface area contributed by atoms with Gasteiger partial charge in [-0.05, 0) is 61.9 Å². The van der Waals surface area contributed by atoms with Crippen molar-refractivity contribution in [1.82, 2.24) is 10.3 Å². The maximum atomic E-state index is 12.3. The quantitative estimate of drug-likeness (QED) is 0.839. The molecule has 0 radical (unpaired) electrons. The van der Waals surface area contributed by atoms with E-state index >= 15 is 0 Å². The summed E-state index contributed by atoms with van der Waals surface area (Å²) in [6.45, 7) is 2.27. The number of nitrogens with zero attached hydrogens (tertiary/aromatic N) is 1. The highest BCUT2D eigenvalue weighted by Crippen LogP contribution is 2.24. The first-order valence-corrected chi connectivity index (χ1v) is 8.77. The maximum absolute atomic E-state index is 12.3. The van der Waals surface area contributed by atoms with Gasteiger partial charge in [0.15, 0.2) is 0 Å². The van der Waals surface area contributed by atoms with Crippen LogP contribution in [0.25, 0.3) is 0 Å². The van der Waals surface area contributed by atoms with E-state index in [4.69, 9.17) is 11.6 Å². The molecule has 3 rings (SSSR count). The summed E-state index contributed by atoms with van der Waals surface area (Å²) in [6, 6.07) is 11.3. The van der Waals surface area contributed by atoms with Gasteiger partial charge in [0, 0.05) is 22.9 Å². The molecule has 24 heavy (non-hydrogen) atoms. The first-order chi connectivity index (χ1) is 11.6. The van der Waals surface area contributed by atoms with E-state index in [0.717, 1.165) is 24.4 Å². The molecule has 0 aliphatic heterocycles. The zero-order chi connectivity index (χ0) is 16.9. The Balaban J connectivity index is 1.58. The number of anilines is 2. The third kappa shape index (κ3) is 4.48. The number of hydrogen-bond acceptors (Lipinski definition) is 3. The van der Waals surface area contributed by atoms with Crippen molar-refractivity contribution < 1.29 is 4.79 Å². The molecular weight excluding hydrogens is 322 g/mol. The lowest BCUT2D eigenvalue weighted by atomic mass is 9.87. The zero-order valence-corrected chi connectivity index (χ0v) is 14.5. The molecule has 2 N–H and O–H groups in total. The highest BCUT2D eigenvalue weighted by atomic mass is 35.5. The highest BCUT2D eigenvalue weighted by molar-refractivity contribution is 6.30. The van der Waals surface area contributed by atoms with Crippen LogP contribution in [-0.2, 0) is 0 Å². The smallest absolute Gasteiger partial charge is 0.253 e. The Bertz CT molecular complexity index is 694. The average molecular weight is 344 g/mol. The third-order valence-corrected chi connectivity index (χ3v) is 4.71. The second-order valence-corrected chi connectivity index (χ2v) is 6.93. The molecule has 2 aromatic rings. The van der Waals surface area contributed by atoms with Crippen LogP contribution in [0.4, 0.5) is 11.5 Å². The van der Waals surface area contributed by atoms with Crippen LogP contribution in [0.2, 0.25) is 5.02 Å². The minimum atomic E-state index is -0.0450. The van der Waals surface area contributed by atoms with E-state index in [1.54, 1.807) is 18.3 Å². The number of aromatic nitrogens is 1. The number of halogens is 1. The van der Waals surface area contributed by atoms with E-state index < -0.39 is 0 Å². The molecular formula is C19H22ClN3O. The van der Waals surface area contributed by atoms with E-state index in [9.17, 15) is 4.79 Å². The van der Waals surface area contributed by atoms with Crippen LogP contribution in [0.3, 0.4) is 0 Å². The van der Waals surface area contributed by atoms with Crippen molar-refractivity contribution in [2.75, 3.05) is 5.32 Å². The predicted octanol–water partition coefficient (Wildman–Crippen LogP) is 4.79. The summed E-state index contributed by atoms with van der Waals surface area (Å²) in [7, 11) is 0. The largest absolute Gasteiger partial charge is 0.349 e.